The first kappa shape index (κ1) is 44.6. The maximum Gasteiger partial charge on any atom is 0.340 e. The fourth-order valence-electron chi connectivity index (χ4n) is 8.33. The lowest BCUT2D eigenvalue weighted by molar-refractivity contribution is -0.277. The molecule has 2 fully saturated rings. The van der Waals surface area contributed by atoms with Gasteiger partial charge in [0.05, 0.1) is 18.8 Å². The van der Waals surface area contributed by atoms with E-state index in [1.165, 1.54) is 56.4 Å². The van der Waals surface area contributed by atoms with Gasteiger partial charge in [-0.25, -0.2) is 4.79 Å². The van der Waals surface area contributed by atoms with Gasteiger partial charge in [-0.05, 0) is 42.8 Å². The molecule has 0 radical (unpaired) electrons. The second-order valence-corrected chi connectivity index (χ2v) is 16.0. The lowest BCUT2D eigenvalue weighted by atomic mass is 9.77. The summed E-state index contributed by atoms with van der Waals surface area (Å²) in [6, 6.07) is 13.9. The molecule has 17 nitrogen and oxygen atoms in total. The number of aliphatic hydroxyl groups excluding tert-OH is 8. The quantitative estimate of drug-likeness (QED) is 0.0698. The average Bonchev–Trinajstić information content (AvgIpc) is 3.54. The number of esters is 1. The van der Waals surface area contributed by atoms with Crippen LogP contribution >= 0.6 is 0 Å². The second kappa shape index (κ2) is 19.3. The Kier molecular flexibility index (Phi) is 14.1. The number of amides is 1. The normalized spacial score (nSPS) is 28.6. The largest absolute Gasteiger partial charge is 0.462 e. The molecule has 10 atom stereocenters. The van der Waals surface area contributed by atoms with Gasteiger partial charge in [-0.1, -0.05) is 64.4 Å². The van der Waals surface area contributed by atoms with Crippen LogP contribution in [0.2, 0.25) is 0 Å². The molecule has 4 aliphatic rings. The van der Waals surface area contributed by atoms with Crippen molar-refractivity contribution in [2.45, 2.75) is 138 Å². The number of nitrogens with one attached hydrogen (secondary N) is 1. The Bertz CT molecular complexity index is 1920. The molecule has 0 aliphatic carbocycles. The van der Waals surface area contributed by atoms with E-state index in [2.05, 4.69) is 12.2 Å². The highest BCUT2D eigenvalue weighted by Crippen LogP contribution is 2.57. The molecule has 4 aliphatic heterocycles. The SMILES string of the molecule is CCCCCCCCCCCC(=O)Nc1ccc2c(c1)C(=O)OC21c2ccc(O[C@@H]3O[C@H](CO)[C@@H](O)[C@H](O)[C@H]3O)cc2Oc2cc(O[C@@H]3O[C@H](CO)[C@@H](O)[C@H](O)[C@H]3O)ccc21. The number of carbonyl (C=O) groups excluding carboxylic acids is 2. The molecule has 9 N–H and O–H groups in total. The fourth-order valence-corrected chi connectivity index (χ4v) is 8.33. The van der Waals surface area contributed by atoms with E-state index in [-0.39, 0.29) is 34.5 Å². The van der Waals surface area contributed by atoms with Crippen LogP contribution in [0.5, 0.6) is 23.0 Å². The highest BCUT2D eigenvalue weighted by molar-refractivity contribution is 5.99. The van der Waals surface area contributed by atoms with Gasteiger partial charge in [-0.15, -0.1) is 0 Å². The summed E-state index contributed by atoms with van der Waals surface area (Å²) in [5.74, 6) is -0.524. The van der Waals surface area contributed by atoms with Crippen LogP contribution in [0.15, 0.2) is 54.6 Å². The molecule has 0 saturated carbocycles. The molecule has 0 aromatic heterocycles. The maximum absolute atomic E-state index is 13.9. The van der Waals surface area contributed by atoms with Crippen molar-refractivity contribution >= 4 is 17.6 Å². The number of benzene rings is 3. The van der Waals surface area contributed by atoms with E-state index in [0.29, 0.717) is 28.8 Å². The maximum atomic E-state index is 13.9. The number of ether oxygens (including phenoxy) is 6. The Hall–Kier alpha value is -4.40. The van der Waals surface area contributed by atoms with E-state index in [1.54, 1.807) is 30.3 Å². The van der Waals surface area contributed by atoms with Crippen LogP contribution in [0, 0.1) is 0 Å². The highest BCUT2D eigenvalue weighted by Gasteiger charge is 2.54. The average molecular weight is 854 g/mol. The van der Waals surface area contributed by atoms with E-state index in [4.69, 9.17) is 28.4 Å². The zero-order chi connectivity index (χ0) is 43.4. The molecule has 3 aromatic carbocycles. The Morgan fingerprint density at radius 3 is 1.64 bits per heavy atom. The summed E-state index contributed by atoms with van der Waals surface area (Å²) in [6.07, 6.45) is -5.07. The number of hydrogen-bond donors (Lipinski definition) is 9. The first-order chi connectivity index (χ1) is 29.4. The van der Waals surface area contributed by atoms with Gasteiger partial charge < -0.3 is 74.6 Å². The summed E-state index contributed by atoms with van der Waals surface area (Å²) in [5, 5.41) is 84.7. The third kappa shape index (κ3) is 9.08. The second-order valence-electron chi connectivity index (χ2n) is 16.0. The molecule has 4 heterocycles. The number of anilines is 1. The molecular weight excluding hydrogens is 798 g/mol. The molecule has 3 aromatic rings. The van der Waals surface area contributed by atoms with Crippen LogP contribution in [0.1, 0.15) is 98.2 Å². The third-order valence-corrected chi connectivity index (χ3v) is 11.7. The van der Waals surface area contributed by atoms with Gasteiger partial charge in [0.2, 0.25) is 18.5 Å². The Morgan fingerprint density at radius 2 is 1.13 bits per heavy atom. The Balaban J connectivity index is 1.16. The molecule has 17 heteroatoms. The van der Waals surface area contributed by atoms with E-state index >= 15 is 0 Å². The number of hydrogen-bond acceptors (Lipinski definition) is 16. The van der Waals surface area contributed by atoms with E-state index in [9.17, 15) is 50.4 Å². The molecule has 1 amide bonds. The molecule has 0 bridgehead atoms. The van der Waals surface area contributed by atoms with Crippen molar-refractivity contribution in [2.24, 2.45) is 0 Å². The zero-order valence-electron chi connectivity index (χ0n) is 33.8. The summed E-state index contributed by atoms with van der Waals surface area (Å²) < 4.78 is 35.5. The van der Waals surface area contributed by atoms with Crippen LogP contribution < -0.4 is 19.5 Å². The smallest absolute Gasteiger partial charge is 0.340 e. The minimum atomic E-state index is -1.70. The van der Waals surface area contributed by atoms with E-state index < -0.39 is 86.2 Å². The van der Waals surface area contributed by atoms with Gasteiger partial charge in [-0.2, -0.15) is 0 Å². The van der Waals surface area contributed by atoms with Crippen LogP contribution in [0.3, 0.4) is 0 Å². The number of fused-ring (bicyclic) bond motifs is 6. The minimum Gasteiger partial charge on any atom is -0.462 e. The van der Waals surface area contributed by atoms with Crippen molar-refractivity contribution in [1.29, 1.82) is 0 Å². The summed E-state index contributed by atoms with van der Waals surface area (Å²) >= 11 is 0. The van der Waals surface area contributed by atoms with Crippen molar-refractivity contribution in [3.8, 4) is 23.0 Å². The van der Waals surface area contributed by atoms with Crippen molar-refractivity contribution in [1.82, 2.24) is 0 Å². The fraction of sp³-hybridized carbons (Fsp3) is 0.545. The summed E-state index contributed by atoms with van der Waals surface area (Å²) in [5.41, 5.74) is 0.106. The zero-order valence-corrected chi connectivity index (χ0v) is 33.8. The topological polar surface area (TPSA) is 263 Å². The van der Waals surface area contributed by atoms with Crippen LogP contribution in [-0.4, -0.2) is 127 Å². The van der Waals surface area contributed by atoms with Crippen LogP contribution in [0.25, 0.3) is 0 Å². The molecule has 61 heavy (non-hydrogen) atoms. The lowest BCUT2D eigenvalue weighted by Crippen LogP contribution is -2.60. The van der Waals surface area contributed by atoms with Crippen molar-refractivity contribution in [3.63, 3.8) is 0 Å². The van der Waals surface area contributed by atoms with Gasteiger partial charge in [-0.3, -0.25) is 4.79 Å². The van der Waals surface area contributed by atoms with E-state index in [0.717, 1.165) is 25.7 Å². The number of aliphatic hydroxyl groups is 8. The number of unbranched alkanes of at least 4 members (excludes halogenated alkanes) is 8. The van der Waals surface area contributed by atoms with E-state index in [1.807, 2.05) is 0 Å². The van der Waals surface area contributed by atoms with Gasteiger partial charge in [0.25, 0.3) is 0 Å². The van der Waals surface area contributed by atoms with Crippen LogP contribution in [0.4, 0.5) is 5.69 Å². The van der Waals surface area contributed by atoms with Crippen molar-refractivity contribution in [2.75, 3.05) is 18.5 Å². The first-order valence-corrected chi connectivity index (χ1v) is 21.0. The van der Waals surface area contributed by atoms with Gasteiger partial charge in [0.1, 0.15) is 71.8 Å². The molecule has 1 spiro atoms. The highest BCUT2D eigenvalue weighted by atomic mass is 16.7. The van der Waals surface area contributed by atoms with Gasteiger partial charge >= 0.3 is 5.97 Å². The molecule has 7 rings (SSSR count). The Morgan fingerprint density at radius 1 is 0.639 bits per heavy atom. The summed E-state index contributed by atoms with van der Waals surface area (Å²) in [6.45, 7) is 0.863. The van der Waals surface area contributed by atoms with Gasteiger partial charge in [0.15, 0.2) is 5.60 Å². The summed E-state index contributed by atoms with van der Waals surface area (Å²) in [4.78, 5) is 26.8. The van der Waals surface area contributed by atoms with Crippen molar-refractivity contribution in [3.05, 3.63) is 76.9 Å². The summed E-state index contributed by atoms with van der Waals surface area (Å²) in [7, 11) is 0. The standard InChI is InChI=1S/C44H55NO16/c1-2-3-4-5-6-7-8-9-10-11-34(48)45-23-12-15-27-26(18-23)41(55)61-44(27)28-16-13-24(56-42-39(53)37(51)35(49)32(21-46)59-42)19-30(28)58-31-20-25(14-17-29(31)44)57-43-40(54)38(52)36(50)33(22-47)60-43/h12-20,32-33,35-40,42-43,46-47,49-54H,2-11,21-22H2,1H3,(H,45,48)/t32-,33-,35-,36-,37+,38+,39-,40-,42-,43-/m1/s1. The predicted molar refractivity (Wildman–Crippen MR) is 214 cm³/mol. The minimum absolute atomic E-state index is 0.0602. The van der Waals surface area contributed by atoms with Crippen molar-refractivity contribution < 1.29 is 78.9 Å². The van der Waals surface area contributed by atoms with Crippen LogP contribution in [-0.2, 0) is 24.6 Å². The predicted octanol–water partition coefficient (Wildman–Crippen LogP) is 2.47. The first-order valence-electron chi connectivity index (χ1n) is 21.0. The third-order valence-electron chi connectivity index (χ3n) is 11.7. The molecule has 2 saturated heterocycles. The number of rotatable bonds is 17. The lowest BCUT2D eigenvalue weighted by Gasteiger charge is -2.40. The molecule has 0 unspecified atom stereocenters. The molecular formula is C44H55NO16. The Labute approximate surface area is 352 Å². The van der Waals surface area contributed by atoms with Gasteiger partial charge in [0, 0.05) is 40.9 Å². The monoisotopic (exact) mass is 853 g/mol. The number of carbonyl (C=O) groups is 2. The molecule has 332 valence electrons.